The van der Waals surface area contributed by atoms with Gasteiger partial charge >= 0.3 is 0 Å². The summed E-state index contributed by atoms with van der Waals surface area (Å²) in [4.78, 5) is 14.3. The number of hydrogen-bond acceptors (Lipinski definition) is 3. The summed E-state index contributed by atoms with van der Waals surface area (Å²) in [6.45, 7) is 2.94. The third-order valence-electron chi connectivity index (χ3n) is 3.69. The minimum absolute atomic E-state index is 0.137. The van der Waals surface area contributed by atoms with Crippen LogP contribution in [-0.4, -0.2) is 41.1 Å². The molecule has 0 bridgehead atoms. The zero-order valence-electron chi connectivity index (χ0n) is 12.0. The molecular weight excluding hydrogens is 311 g/mol. The fraction of sp³-hybridized carbons (Fsp3) is 0.533. The summed E-state index contributed by atoms with van der Waals surface area (Å²) < 4.78 is 0. The zero-order valence-corrected chi connectivity index (χ0v) is 13.5. The first-order valence-corrected chi connectivity index (χ1v) is 7.89. The molecular formula is C15H20Cl2N2O2. The average Bonchev–Trinajstić information content (AvgIpc) is 2.80. The number of hydrogen-bond donors (Lipinski definition) is 2. The monoisotopic (exact) mass is 330 g/mol. The van der Waals surface area contributed by atoms with Gasteiger partial charge in [0.2, 0.25) is 5.91 Å². The molecule has 1 amide bonds. The average molecular weight is 331 g/mol. The van der Waals surface area contributed by atoms with Crippen LogP contribution in [0.4, 0.5) is 5.69 Å². The first-order chi connectivity index (χ1) is 9.97. The summed E-state index contributed by atoms with van der Waals surface area (Å²) in [5, 5.41) is 13.1. The molecule has 21 heavy (non-hydrogen) atoms. The van der Waals surface area contributed by atoms with E-state index in [1.807, 2.05) is 0 Å². The number of carbonyl (C=O) groups is 1. The first-order valence-electron chi connectivity index (χ1n) is 7.13. The summed E-state index contributed by atoms with van der Waals surface area (Å²) in [6, 6.07) is 5.38. The molecule has 0 aromatic heterocycles. The number of nitrogens with one attached hydrogen (secondary N) is 1. The smallest absolute Gasteiger partial charge is 0.238 e. The lowest BCUT2D eigenvalue weighted by atomic mass is 10.1. The van der Waals surface area contributed by atoms with Crippen molar-refractivity contribution in [3.8, 4) is 0 Å². The van der Waals surface area contributed by atoms with E-state index in [4.69, 9.17) is 23.2 Å². The van der Waals surface area contributed by atoms with E-state index >= 15 is 0 Å². The summed E-state index contributed by atoms with van der Waals surface area (Å²) in [5.41, 5.74) is 0.456. The van der Waals surface area contributed by atoms with Crippen LogP contribution in [0.2, 0.25) is 10.0 Å². The van der Waals surface area contributed by atoms with E-state index in [1.165, 1.54) is 0 Å². The number of amides is 1. The van der Waals surface area contributed by atoms with E-state index in [-0.39, 0.29) is 18.1 Å². The van der Waals surface area contributed by atoms with Crippen LogP contribution in [0.3, 0.4) is 0 Å². The molecule has 116 valence electrons. The Balaban J connectivity index is 1.95. The number of rotatable bonds is 5. The van der Waals surface area contributed by atoms with Crippen LogP contribution in [0.25, 0.3) is 0 Å². The van der Waals surface area contributed by atoms with Crippen LogP contribution in [0.15, 0.2) is 18.2 Å². The Kier molecular flexibility index (Phi) is 5.88. The highest BCUT2D eigenvalue weighted by Gasteiger charge is 2.27. The fourth-order valence-electron chi connectivity index (χ4n) is 2.74. The van der Waals surface area contributed by atoms with Gasteiger partial charge in [-0.15, -0.1) is 0 Å². The lowest BCUT2D eigenvalue weighted by Crippen LogP contribution is -2.38. The molecule has 1 aromatic rings. The molecule has 1 heterocycles. The Bertz CT molecular complexity index is 488. The van der Waals surface area contributed by atoms with Gasteiger partial charge in [-0.2, -0.15) is 0 Å². The van der Waals surface area contributed by atoms with Gasteiger partial charge < -0.3 is 10.4 Å². The fourth-order valence-corrected chi connectivity index (χ4v) is 3.24. The molecule has 1 aliphatic heterocycles. The number of aliphatic hydroxyl groups excluding tert-OH is 1. The molecule has 1 fully saturated rings. The highest BCUT2D eigenvalue weighted by molar-refractivity contribution is 6.39. The topological polar surface area (TPSA) is 52.6 Å². The number of carbonyl (C=O) groups excluding carboxylic acids is 1. The quantitative estimate of drug-likeness (QED) is 0.871. The normalized spacial score (nSPS) is 20.5. The second kappa shape index (κ2) is 7.45. The summed E-state index contributed by atoms with van der Waals surface area (Å²) >= 11 is 12.1. The molecule has 1 aliphatic rings. The molecule has 2 atom stereocenters. The van der Waals surface area contributed by atoms with Gasteiger partial charge in [-0.25, -0.2) is 0 Å². The van der Waals surface area contributed by atoms with Crippen LogP contribution in [0, 0.1) is 0 Å². The largest absolute Gasteiger partial charge is 0.393 e. The van der Waals surface area contributed by atoms with Crippen molar-refractivity contribution in [1.29, 1.82) is 0 Å². The Labute approximate surface area is 135 Å². The minimum Gasteiger partial charge on any atom is -0.393 e. The summed E-state index contributed by atoms with van der Waals surface area (Å²) in [5.74, 6) is -0.137. The number of halogens is 2. The van der Waals surface area contributed by atoms with Crippen molar-refractivity contribution >= 4 is 34.8 Å². The maximum Gasteiger partial charge on any atom is 0.238 e. The van der Waals surface area contributed by atoms with Crippen molar-refractivity contribution in [2.45, 2.75) is 38.3 Å². The second-order valence-electron chi connectivity index (χ2n) is 5.50. The number of likely N-dealkylation sites (tertiary alicyclic amines) is 1. The predicted molar refractivity (Wildman–Crippen MR) is 86.0 cm³/mol. The van der Waals surface area contributed by atoms with Crippen molar-refractivity contribution in [3.63, 3.8) is 0 Å². The van der Waals surface area contributed by atoms with Crippen LogP contribution >= 0.6 is 23.2 Å². The number of para-hydroxylation sites is 1. The van der Waals surface area contributed by atoms with E-state index < -0.39 is 0 Å². The molecule has 2 rings (SSSR count). The van der Waals surface area contributed by atoms with Crippen molar-refractivity contribution in [1.82, 2.24) is 4.90 Å². The van der Waals surface area contributed by atoms with Gasteiger partial charge in [0.05, 0.1) is 28.4 Å². The first kappa shape index (κ1) is 16.6. The SMILES string of the molecule is CC(O)CC1CCCN1CC(=O)Nc1c(Cl)cccc1Cl. The minimum atomic E-state index is -0.350. The van der Waals surface area contributed by atoms with E-state index in [1.54, 1.807) is 25.1 Å². The maximum atomic E-state index is 12.2. The zero-order chi connectivity index (χ0) is 15.4. The molecule has 0 aliphatic carbocycles. The molecule has 0 saturated carbocycles. The van der Waals surface area contributed by atoms with Gasteiger partial charge in [0.25, 0.3) is 0 Å². The third-order valence-corrected chi connectivity index (χ3v) is 4.32. The number of anilines is 1. The van der Waals surface area contributed by atoms with E-state index in [0.717, 1.165) is 19.4 Å². The molecule has 1 aromatic carbocycles. The van der Waals surface area contributed by atoms with Crippen LogP contribution < -0.4 is 5.32 Å². The highest BCUT2D eigenvalue weighted by atomic mass is 35.5. The van der Waals surface area contributed by atoms with Crippen molar-refractivity contribution in [2.75, 3.05) is 18.4 Å². The number of aliphatic hydroxyl groups is 1. The van der Waals surface area contributed by atoms with Gasteiger partial charge in [0.1, 0.15) is 0 Å². The van der Waals surface area contributed by atoms with Crippen LogP contribution in [0.1, 0.15) is 26.2 Å². The lowest BCUT2D eigenvalue weighted by molar-refractivity contribution is -0.117. The third kappa shape index (κ3) is 4.58. The van der Waals surface area contributed by atoms with Gasteiger partial charge in [0, 0.05) is 6.04 Å². The highest BCUT2D eigenvalue weighted by Crippen LogP contribution is 2.30. The lowest BCUT2D eigenvalue weighted by Gasteiger charge is -2.25. The van der Waals surface area contributed by atoms with E-state index in [2.05, 4.69) is 10.2 Å². The van der Waals surface area contributed by atoms with Crippen LogP contribution in [-0.2, 0) is 4.79 Å². The van der Waals surface area contributed by atoms with Gasteiger partial charge in [-0.05, 0) is 44.9 Å². The van der Waals surface area contributed by atoms with Crippen molar-refractivity contribution < 1.29 is 9.90 Å². The molecule has 2 unspecified atom stereocenters. The summed E-state index contributed by atoms with van der Waals surface area (Å²) in [7, 11) is 0. The Hall–Kier alpha value is -0.810. The van der Waals surface area contributed by atoms with Gasteiger partial charge in [0.15, 0.2) is 0 Å². The van der Waals surface area contributed by atoms with Crippen molar-refractivity contribution in [3.05, 3.63) is 28.2 Å². The number of benzene rings is 1. The second-order valence-corrected chi connectivity index (χ2v) is 6.31. The Morgan fingerprint density at radius 2 is 2.14 bits per heavy atom. The molecule has 2 N–H and O–H groups in total. The predicted octanol–water partition coefficient (Wildman–Crippen LogP) is 3.17. The van der Waals surface area contributed by atoms with Gasteiger partial charge in [-0.3, -0.25) is 9.69 Å². The molecule has 0 spiro atoms. The van der Waals surface area contributed by atoms with E-state index in [9.17, 15) is 9.90 Å². The Morgan fingerprint density at radius 3 is 2.76 bits per heavy atom. The van der Waals surface area contributed by atoms with E-state index in [0.29, 0.717) is 28.7 Å². The summed E-state index contributed by atoms with van der Waals surface area (Å²) in [6.07, 6.45) is 2.42. The Morgan fingerprint density at radius 1 is 1.48 bits per heavy atom. The molecule has 1 saturated heterocycles. The number of nitrogens with zero attached hydrogens (tertiary/aromatic N) is 1. The molecule has 0 radical (unpaired) electrons. The maximum absolute atomic E-state index is 12.2. The molecule has 4 nitrogen and oxygen atoms in total. The molecule has 6 heteroatoms. The van der Waals surface area contributed by atoms with Crippen molar-refractivity contribution in [2.24, 2.45) is 0 Å². The standard InChI is InChI=1S/C15H20Cl2N2O2/c1-10(20)8-11-4-3-7-19(11)9-14(21)18-15-12(16)5-2-6-13(15)17/h2,5-6,10-11,20H,3-4,7-9H2,1H3,(H,18,21). The van der Waals surface area contributed by atoms with Gasteiger partial charge in [-0.1, -0.05) is 29.3 Å². The van der Waals surface area contributed by atoms with Crippen LogP contribution in [0.5, 0.6) is 0 Å².